The molecule has 0 saturated carbocycles. The van der Waals surface area contributed by atoms with Crippen LogP contribution >= 0.6 is 23.4 Å². The maximum atomic E-state index is 12.6. The number of hydrogen-bond acceptors (Lipinski definition) is 4. The highest BCUT2D eigenvalue weighted by molar-refractivity contribution is 8.18. The zero-order valence-corrected chi connectivity index (χ0v) is 20.7. The van der Waals surface area contributed by atoms with Gasteiger partial charge in [-0.15, -0.1) is 0 Å². The Kier molecular flexibility index (Phi) is 6.24. The zero-order chi connectivity index (χ0) is 23.0. The van der Waals surface area contributed by atoms with Crippen LogP contribution < -0.4 is 10.2 Å². The Labute approximate surface area is 199 Å². The van der Waals surface area contributed by atoms with E-state index in [0.717, 1.165) is 41.0 Å². The number of fused-ring (bicyclic) bond motifs is 1. The van der Waals surface area contributed by atoms with Gasteiger partial charge in [-0.2, -0.15) is 0 Å². The van der Waals surface area contributed by atoms with E-state index in [9.17, 15) is 4.79 Å². The van der Waals surface area contributed by atoms with Gasteiger partial charge in [0.2, 0.25) is 0 Å². The maximum absolute atomic E-state index is 12.6. The minimum atomic E-state index is -0.155. The Morgan fingerprint density at radius 2 is 1.97 bits per heavy atom. The molecule has 0 bridgehead atoms. The van der Waals surface area contributed by atoms with Gasteiger partial charge in [0.15, 0.2) is 5.17 Å². The number of amidine groups is 1. The van der Waals surface area contributed by atoms with Crippen molar-refractivity contribution in [2.24, 2.45) is 4.99 Å². The number of carbonyl (C=O) groups excluding carboxylic acids is 1. The largest absolute Gasteiger partial charge is 0.362 e. The molecule has 0 spiro atoms. The molecule has 166 valence electrons. The van der Waals surface area contributed by atoms with E-state index in [-0.39, 0.29) is 11.4 Å². The van der Waals surface area contributed by atoms with E-state index < -0.39 is 0 Å². The summed E-state index contributed by atoms with van der Waals surface area (Å²) in [4.78, 5) is 20.2. The van der Waals surface area contributed by atoms with Crippen LogP contribution in [-0.2, 0) is 4.79 Å². The highest BCUT2D eigenvalue weighted by atomic mass is 35.5. The molecule has 2 heterocycles. The molecular formula is C26H28ClN3OS. The summed E-state index contributed by atoms with van der Waals surface area (Å²) in [6.07, 6.45) is 5.22. The number of thioether (sulfide) groups is 1. The van der Waals surface area contributed by atoms with Crippen LogP contribution in [0.25, 0.3) is 11.6 Å². The lowest BCUT2D eigenvalue weighted by Gasteiger charge is -2.43. The first-order chi connectivity index (χ1) is 15.2. The van der Waals surface area contributed by atoms with E-state index >= 15 is 0 Å². The third-order valence-corrected chi connectivity index (χ3v) is 7.06. The number of nitrogens with zero attached hydrogens (tertiary/aromatic N) is 2. The molecule has 4 rings (SSSR count). The van der Waals surface area contributed by atoms with Gasteiger partial charge in [0.1, 0.15) is 0 Å². The summed E-state index contributed by atoms with van der Waals surface area (Å²) in [6, 6.07) is 12.0. The van der Waals surface area contributed by atoms with Crippen LogP contribution in [0.2, 0.25) is 5.02 Å². The highest BCUT2D eigenvalue weighted by Gasteiger charge is 2.31. The van der Waals surface area contributed by atoms with Crippen molar-refractivity contribution < 1.29 is 4.79 Å². The number of para-hydroxylation sites is 1. The summed E-state index contributed by atoms with van der Waals surface area (Å²) in [5.74, 6) is -0.155. The number of benzene rings is 2. The predicted octanol–water partition coefficient (Wildman–Crippen LogP) is 6.95. The summed E-state index contributed by atoms with van der Waals surface area (Å²) in [6.45, 7) is 11.7. The number of aliphatic imine (C=N–C) groups is 1. The molecule has 0 aliphatic carbocycles. The minimum Gasteiger partial charge on any atom is -0.362 e. The van der Waals surface area contributed by atoms with Gasteiger partial charge in [-0.3, -0.25) is 4.79 Å². The molecule has 0 radical (unpaired) electrons. The summed E-state index contributed by atoms with van der Waals surface area (Å²) < 4.78 is 0. The summed E-state index contributed by atoms with van der Waals surface area (Å²) in [7, 11) is 0. The molecule has 1 N–H and O–H groups in total. The topological polar surface area (TPSA) is 44.7 Å². The van der Waals surface area contributed by atoms with Crippen LogP contribution in [0.4, 0.5) is 11.4 Å². The van der Waals surface area contributed by atoms with E-state index in [1.807, 2.05) is 43.3 Å². The summed E-state index contributed by atoms with van der Waals surface area (Å²) in [5.41, 5.74) is 6.21. The smallest absolute Gasteiger partial charge is 0.264 e. The molecule has 1 fully saturated rings. The second-order valence-corrected chi connectivity index (χ2v) is 10.2. The first-order valence-electron chi connectivity index (χ1n) is 10.9. The van der Waals surface area contributed by atoms with Gasteiger partial charge >= 0.3 is 0 Å². The first kappa shape index (κ1) is 22.7. The summed E-state index contributed by atoms with van der Waals surface area (Å²) >= 11 is 8.06. The Morgan fingerprint density at radius 1 is 1.22 bits per heavy atom. The van der Waals surface area contributed by atoms with Crippen molar-refractivity contribution in [2.45, 2.75) is 46.6 Å². The van der Waals surface area contributed by atoms with Crippen molar-refractivity contribution in [3.63, 3.8) is 0 Å². The van der Waals surface area contributed by atoms with Gasteiger partial charge in [-0.1, -0.05) is 42.8 Å². The van der Waals surface area contributed by atoms with Gasteiger partial charge in [0.05, 0.1) is 16.1 Å². The second kappa shape index (κ2) is 8.80. The Morgan fingerprint density at radius 3 is 2.69 bits per heavy atom. The SMILES string of the molecule is CCCN1c2cc(Cl)c(/C=C3/SC(=Nc4ccccc4C)NC3=O)cc2C(C)=CC1(C)C. The number of rotatable bonds is 4. The molecule has 0 atom stereocenters. The monoisotopic (exact) mass is 465 g/mol. The summed E-state index contributed by atoms with van der Waals surface area (Å²) in [5, 5.41) is 4.09. The molecule has 32 heavy (non-hydrogen) atoms. The minimum absolute atomic E-state index is 0.0709. The fraction of sp³-hybridized carbons (Fsp3) is 0.308. The molecular weight excluding hydrogens is 438 g/mol. The number of amides is 1. The van der Waals surface area contributed by atoms with E-state index in [1.54, 1.807) is 0 Å². The van der Waals surface area contributed by atoms with Gasteiger partial charge < -0.3 is 10.2 Å². The van der Waals surface area contributed by atoms with E-state index in [1.165, 1.54) is 17.3 Å². The van der Waals surface area contributed by atoms with Gasteiger partial charge in [0, 0.05) is 22.8 Å². The average molecular weight is 466 g/mol. The van der Waals surface area contributed by atoms with Gasteiger partial charge in [0.25, 0.3) is 5.91 Å². The van der Waals surface area contributed by atoms with Crippen LogP contribution in [0, 0.1) is 6.92 Å². The first-order valence-corrected chi connectivity index (χ1v) is 12.1. The van der Waals surface area contributed by atoms with E-state index in [0.29, 0.717) is 15.1 Å². The van der Waals surface area contributed by atoms with Crippen molar-refractivity contribution in [3.05, 3.63) is 69.1 Å². The van der Waals surface area contributed by atoms with Crippen molar-refractivity contribution in [3.8, 4) is 0 Å². The molecule has 2 aromatic rings. The Hall–Kier alpha value is -2.50. The fourth-order valence-electron chi connectivity index (χ4n) is 4.28. The number of aryl methyl sites for hydroxylation is 1. The number of halogens is 1. The van der Waals surface area contributed by atoms with Crippen LogP contribution in [0.1, 0.15) is 50.8 Å². The van der Waals surface area contributed by atoms with E-state index in [4.69, 9.17) is 11.6 Å². The Bertz CT molecular complexity index is 1180. The van der Waals surface area contributed by atoms with Gasteiger partial charge in [-0.25, -0.2) is 4.99 Å². The molecule has 6 heteroatoms. The quantitative estimate of drug-likeness (QED) is 0.496. The molecule has 2 aliphatic rings. The molecule has 0 aromatic heterocycles. The molecule has 0 unspecified atom stereocenters. The number of anilines is 1. The van der Waals surface area contributed by atoms with Crippen LogP contribution in [0.3, 0.4) is 0 Å². The molecule has 2 aromatic carbocycles. The van der Waals surface area contributed by atoms with Gasteiger partial charge in [-0.05, 0) is 86.9 Å². The molecule has 4 nitrogen and oxygen atoms in total. The van der Waals surface area contributed by atoms with Crippen LogP contribution in [0.15, 0.2) is 52.4 Å². The van der Waals surface area contributed by atoms with Crippen molar-refractivity contribution in [1.82, 2.24) is 5.32 Å². The molecule has 2 aliphatic heterocycles. The molecule has 1 amide bonds. The Balaban J connectivity index is 1.69. The lowest BCUT2D eigenvalue weighted by atomic mass is 9.87. The van der Waals surface area contributed by atoms with E-state index in [2.05, 4.69) is 55.0 Å². The van der Waals surface area contributed by atoms with Crippen molar-refractivity contribution in [2.75, 3.05) is 11.4 Å². The third-order valence-electron chi connectivity index (χ3n) is 5.82. The highest BCUT2D eigenvalue weighted by Crippen LogP contribution is 2.42. The number of hydrogen-bond donors (Lipinski definition) is 1. The lowest BCUT2D eigenvalue weighted by Crippen LogP contribution is -2.45. The van der Waals surface area contributed by atoms with Crippen molar-refractivity contribution >= 4 is 57.5 Å². The lowest BCUT2D eigenvalue weighted by molar-refractivity contribution is -0.115. The van der Waals surface area contributed by atoms with Crippen molar-refractivity contribution in [1.29, 1.82) is 0 Å². The average Bonchev–Trinajstić information content (AvgIpc) is 3.06. The maximum Gasteiger partial charge on any atom is 0.264 e. The van der Waals surface area contributed by atoms with Crippen LogP contribution in [-0.4, -0.2) is 23.2 Å². The van der Waals surface area contributed by atoms with Crippen LogP contribution in [0.5, 0.6) is 0 Å². The molecule has 1 saturated heterocycles. The zero-order valence-electron chi connectivity index (χ0n) is 19.1. The number of carbonyl (C=O) groups is 1. The fourth-order valence-corrected chi connectivity index (χ4v) is 5.32. The second-order valence-electron chi connectivity index (χ2n) is 8.79. The standard InChI is InChI=1S/C26H28ClN3OS/c1-6-11-30-22-14-20(27)18(12-19(22)17(3)15-26(30,4)5)13-23-24(31)29-25(32-23)28-21-10-8-7-9-16(21)2/h7-10,12-15H,6,11H2,1-5H3,(H,28,29,31)/b23-13+. The normalized spacial score (nSPS) is 19.9. The predicted molar refractivity (Wildman–Crippen MR) is 139 cm³/mol. The number of nitrogens with one attached hydrogen (secondary N) is 1. The third kappa shape index (κ3) is 4.37. The number of allylic oxidation sites excluding steroid dienone is 1.